The lowest BCUT2D eigenvalue weighted by atomic mass is 10.0. The van der Waals surface area contributed by atoms with Crippen molar-refractivity contribution in [1.29, 1.82) is 0 Å². The molecule has 0 spiro atoms. The van der Waals surface area contributed by atoms with Gasteiger partial charge in [-0.1, -0.05) is 60.7 Å². The third-order valence-corrected chi connectivity index (χ3v) is 5.97. The molecule has 8 heteroatoms. The fourth-order valence-electron chi connectivity index (χ4n) is 4.01. The molecule has 0 radical (unpaired) electrons. The van der Waals surface area contributed by atoms with Crippen molar-refractivity contribution < 1.29 is 24.2 Å². The van der Waals surface area contributed by atoms with Crippen LogP contribution in [0.3, 0.4) is 0 Å². The van der Waals surface area contributed by atoms with Crippen molar-refractivity contribution in [2.75, 3.05) is 6.54 Å². The summed E-state index contributed by atoms with van der Waals surface area (Å²) in [6, 6.07) is 24.7. The average molecular weight is 523 g/mol. The normalized spacial score (nSPS) is 11.2. The maximum atomic E-state index is 13.6. The Balaban J connectivity index is 0.00000380. The minimum Gasteiger partial charge on any atom is -0.487 e. The Morgan fingerprint density at radius 2 is 1.54 bits per heavy atom. The van der Waals surface area contributed by atoms with Crippen LogP contribution in [0.1, 0.15) is 42.3 Å². The number of aromatic nitrogens is 1. The van der Waals surface area contributed by atoms with E-state index in [9.17, 15) is 9.59 Å². The van der Waals surface area contributed by atoms with E-state index < -0.39 is 6.16 Å². The zero-order chi connectivity index (χ0) is 25.7. The summed E-state index contributed by atoms with van der Waals surface area (Å²) in [5, 5.41) is 9.64. The number of hydrogen-bond acceptors (Lipinski definition) is 5. The Bertz CT molecular complexity index is 1350. The number of carboxylic acid groups (broad SMARTS) is 1. The van der Waals surface area contributed by atoms with E-state index in [1.54, 1.807) is 12.1 Å². The maximum Gasteiger partial charge on any atom is 0.512 e. The molecular formula is C29H31ClN2O5. The first-order valence-electron chi connectivity index (χ1n) is 11.8. The summed E-state index contributed by atoms with van der Waals surface area (Å²) in [5.41, 5.74) is 2.84. The Morgan fingerprint density at radius 1 is 0.919 bits per heavy atom. The highest BCUT2D eigenvalue weighted by Crippen LogP contribution is 2.33. The van der Waals surface area contributed by atoms with Crippen LogP contribution in [0.4, 0.5) is 4.79 Å². The lowest BCUT2D eigenvalue weighted by Crippen LogP contribution is -2.43. The van der Waals surface area contributed by atoms with Gasteiger partial charge >= 0.3 is 6.16 Å². The second kappa shape index (κ2) is 12.0. The molecule has 2 N–H and O–H groups in total. The minimum absolute atomic E-state index is 0. The first-order chi connectivity index (χ1) is 17.2. The minimum atomic E-state index is -1.44. The average Bonchev–Trinajstić information content (AvgIpc) is 3.25. The second-order valence-corrected chi connectivity index (χ2v) is 9.61. The third kappa shape index (κ3) is 7.12. The van der Waals surface area contributed by atoms with Gasteiger partial charge in [0.1, 0.15) is 12.4 Å². The van der Waals surface area contributed by atoms with Crippen LogP contribution in [-0.4, -0.2) is 39.0 Å². The van der Waals surface area contributed by atoms with Gasteiger partial charge in [-0.05, 0) is 44.0 Å². The van der Waals surface area contributed by atoms with Gasteiger partial charge in [-0.15, -0.1) is 12.4 Å². The lowest BCUT2D eigenvalue weighted by molar-refractivity contribution is 0.0795. The number of carbonyl (C=O) groups is 2. The van der Waals surface area contributed by atoms with E-state index in [4.69, 9.17) is 14.6 Å². The largest absolute Gasteiger partial charge is 0.512 e. The van der Waals surface area contributed by atoms with E-state index >= 15 is 0 Å². The molecule has 0 bridgehead atoms. The van der Waals surface area contributed by atoms with Gasteiger partial charge in [0, 0.05) is 29.1 Å². The van der Waals surface area contributed by atoms with Crippen LogP contribution in [0.15, 0.2) is 78.9 Å². The molecule has 1 heterocycles. The first kappa shape index (κ1) is 27.8. The summed E-state index contributed by atoms with van der Waals surface area (Å²) in [4.78, 5) is 29.8. The molecule has 194 valence electrons. The molecule has 1 aromatic heterocycles. The SMILES string of the molecule is CC(C)(C)N(CC(=O)c1ccc(OCc2ccccc2)c2[nH]c(OC(=O)O)cc12)Cc1ccccc1.Cl. The van der Waals surface area contributed by atoms with E-state index in [1.807, 2.05) is 60.7 Å². The van der Waals surface area contributed by atoms with Crippen LogP contribution < -0.4 is 9.47 Å². The number of ketones is 1. The van der Waals surface area contributed by atoms with Crippen molar-refractivity contribution in [3.05, 3.63) is 95.6 Å². The smallest absolute Gasteiger partial charge is 0.487 e. The number of nitrogens with zero attached hydrogens (tertiary/aromatic N) is 1. The Hall–Kier alpha value is -3.81. The molecule has 37 heavy (non-hydrogen) atoms. The van der Waals surface area contributed by atoms with Crippen molar-refractivity contribution in [2.45, 2.75) is 39.5 Å². The second-order valence-electron chi connectivity index (χ2n) is 9.61. The number of hydrogen-bond donors (Lipinski definition) is 2. The molecule has 0 atom stereocenters. The number of fused-ring (bicyclic) bond motifs is 1. The fraction of sp³-hybridized carbons (Fsp3) is 0.241. The van der Waals surface area contributed by atoms with E-state index in [2.05, 4.69) is 30.7 Å². The van der Waals surface area contributed by atoms with Crippen molar-refractivity contribution in [3.8, 4) is 11.6 Å². The third-order valence-electron chi connectivity index (χ3n) is 5.97. The molecular weight excluding hydrogens is 492 g/mol. The number of H-pyrrole nitrogens is 1. The van der Waals surface area contributed by atoms with Gasteiger partial charge in [0.2, 0.25) is 5.88 Å². The summed E-state index contributed by atoms with van der Waals surface area (Å²) in [6.45, 7) is 7.37. The lowest BCUT2D eigenvalue weighted by Gasteiger charge is -2.35. The van der Waals surface area contributed by atoms with E-state index in [0.29, 0.717) is 35.4 Å². The van der Waals surface area contributed by atoms with Crippen LogP contribution in [0.5, 0.6) is 11.6 Å². The molecule has 0 aliphatic rings. The molecule has 0 saturated heterocycles. The predicted octanol–water partition coefficient (Wildman–Crippen LogP) is 6.71. The van der Waals surface area contributed by atoms with Gasteiger partial charge in [-0.2, -0.15) is 0 Å². The highest BCUT2D eigenvalue weighted by molar-refractivity contribution is 6.10. The van der Waals surface area contributed by atoms with E-state index in [1.165, 1.54) is 6.07 Å². The number of halogens is 1. The summed E-state index contributed by atoms with van der Waals surface area (Å²) in [6.07, 6.45) is -1.44. The molecule has 0 aliphatic carbocycles. The monoisotopic (exact) mass is 522 g/mol. The molecule has 4 aromatic rings. The van der Waals surface area contributed by atoms with Gasteiger partial charge in [0.05, 0.1) is 12.1 Å². The van der Waals surface area contributed by atoms with Crippen LogP contribution >= 0.6 is 12.4 Å². The number of carbonyl (C=O) groups excluding carboxylic acids is 1. The zero-order valence-corrected chi connectivity index (χ0v) is 21.9. The standard InChI is InChI=1S/C29H30N2O5.ClH/c1-29(2,3)31(17-20-10-6-4-7-11-20)18-24(32)22-14-15-25(35-19-21-12-8-5-9-13-21)27-23(22)16-26(30-27)36-28(33)34;/h4-16,30H,17-19H2,1-3H3,(H,33,34);1H. The summed E-state index contributed by atoms with van der Waals surface area (Å²) in [7, 11) is 0. The Kier molecular flexibility index (Phi) is 8.97. The molecule has 0 amide bonds. The van der Waals surface area contributed by atoms with Crippen LogP contribution in [0.2, 0.25) is 0 Å². The summed E-state index contributed by atoms with van der Waals surface area (Å²) < 4.78 is 10.9. The highest BCUT2D eigenvalue weighted by Gasteiger charge is 2.26. The van der Waals surface area contributed by atoms with Crippen LogP contribution in [0.25, 0.3) is 10.9 Å². The number of nitrogens with one attached hydrogen (secondary N) is 1. The molecule has 0 aliphatic heterocycles. The van der Waals surface area contributed by atoms with Gasteiger partial charge in [-0.3, -0.25) is 9.69 Å². The first-order valence-corrected chi connectivity index (χ1v) is 11.8. The highest BCUT2D eigenvalue weighted by atomic mass is 35.5. The topological polar surface area (TPSA) is 91.9 Å². The predicted molar refractivity (Wildman–Crippen MR) is 146 cm³/mol. The zero-order valence-electron chi connectivity index (χ0n) is 21.1. The molecule has 7 nitrogen and oxygen atoms in total. The maximum absolute atomic E-state index is 13.6. The summed E-state index contributed by atoms with van der Waals surface area (Å²) >= 11 is 0. The Morgan fingerprint density at radius 3 is 2.14 bits per heavy atom. The van der Waals surface area contributed by atoms with Crippen molar-refractivity contribution >= 4 is 35.2 Å². The van der Waals surface area contributed by atoms with Crippen molar-refractivity contribution in [3.63, 3.8) is 0 Å². The van der Waals surface area contributed by atoms with Crippen molar-refractivity contribution in [1.82, 2.24) is 9.88 Å². The molecule has 0 unspecified atom stereocenters. The Labute approximate surface area is 222 Å². The molecule has 3 aromatic carbocycles. The number of aromatic amines is 1. The van der Waals surface area contributed by atoms with E-state index in [-0.39, 0.29) is 36.2 Å². The quantitative estimate of drug-likeness (QED) is 0.187. The van der Waals surface area contributed by atoms with Gasteiger partial charge in [-0.25, -0.2) is 4.79 Å². The number of Topliss-reactive ketones (excluding diaryl/α,β-unsaturated/α-hetero) is 1. The number of rotatable bonds is 9. The van der Waals surface area contributed by atoms with Gasteiger partial charge in [0.25, 0.3) is 0 Å². The molecule has 4 rings (SSSR count). The number of ether oxygens (including phenoxy) is 2. The summed E-state index contributed by atoms with van der Waals surface area (Å²) in [5.74, 6) is 0.447. The van der Waals surface area contributed by atoms with Gasteiger partial charge < -0.3 is 19.6 Å². The fourth-order valence-corrected chi connectivity index (χ4v) is 4.01. The molecule has 0 fully saturated rings. The van der Waals surface area contributed by atoms with Crippen LogP contribution in [-0.2, 0) is 13.2 Å². The van der Waals surface area contributed by atoms with Crippen molar-refractivity contribution in [2.24, 2.45) is 0 Å². The van der Waals surface area contributed by atoms with Crippen LogP contribution in [0, 0.1) is 0 Å². The van der Waals surface area contributed by atoms with E-state index in [0.717, 1.165) is 11.1 Å². The van der Waals surface area contributed by atoms with Gasteiger partial charge in [0.15, 0.2) is 5.78 Å². The number of benzene rings is 3. The molecule has 0 saturated carbocycles.